The van der Waals surface area contributed by atoms with Gasteiger partial charge in [-0.25, -0.2) is 19.3 Å². The normalized spacial score (nSPS) is 12.8. The molecule has 0 saturated carbocycles. The van der Waals surface area contributed by atoms with E-state index in [9.17, 15) is 14.3 Å². The summed E-state index contributed by atoms with van der Waals surface area (Å²) in [5.74, 6) is -0.0902. The first kappa shape index (κ1) is 24.6. The van der Waals surface area contributed by atoms with E-state index in [2.05, 4.69) is 30.7 Å². The maximum absolute atomic E-state index is 14.2. The fourth-order valence-corrected chi connectivity index (χ4v) is 3.42. The Morgan fingerprint density at radius 3 is 2.66 bits per heavy atom. The van der Waals surface area contributed by atoms with Crippen LogP contribution in [-0.2, 0) is 0 Å². The third-order valence-corrected chi connectivity index (χ3v) is 5.56. The standard InChI is InChI=1S/C23H26ClFN8O2/c1-13(2)33-11-15(8-30-33)31-17-6-20(32-12-29-18-5-14(24)7-27-21(18)32)26-9-16(17)22(34)28-10-19(25)23(3,4)35/h5-9,11-13,19,35H,10H2,1-4H3,(H,26,31)(H,28,34)/t19-/m1/s1. The van der Waals surface area contributed by atoms with Crippen molar-refractivity contribution in [2.75, 3.05) is 11.9 Å². The number of nitrogens with one attached hydrogen (secondary N) is 2. The number of aromatic nitrogens is 6. The van der Waals surface area contributed by atoms with Crippen molar-refractivity contribution in [3.05, 3.63) is 53.8 Å². The molecule has 0 aliphatic carbocycles. The van der Waals surface area contributed by atoms with E-state index in [1.165, 1.54) is 26.2 Å². The molecular weight excluding hydrogens is 475 g/mol. The number of fused-ring (bicyclic) bond motifs is 1. The van der Waals surface area contributed by atoms with Crippen molar-refractivity contribution < 1.29 is 14.3 Å². The van der Waals surface area contributed by atoms with Gasteiger partial charge in [-0.2, -0.15) is 5.10 Å². The van der Waals surface area contributed by atoms with Crippen molar-refractivity contribution in [1.29, 1.82) is 0 Å². The number of pyridine rings is 2. The highest BCUT2D eigenvalue weighted by molar-refractivity contribution is 6.31. The highest BCUT2D eigenvalue weighted by Gasteiger charge is 2.27. The summed E-state index contributed by atoms with van der Waals surface area (Å²) < 4.78 is 17.6. The molecule has 184 valence electrons. The second-order valence-corrected chi connectivity index (χ2v) is 9.39. The Hall–Kier alpha value is -3.57. The predicted octanol–water partition coefficient (Wildman–Crippen LogP) is 3.83. The van der Waals surface area contributed by atoms with Gasteiger partial charge in [0.05, 0.1) is 40.3 Å². The van der Waals surface area contributed by atoms with E-state index in [-0.39, 0.29) is 18.2 Å². The molecule has 4 rings (SSSR count). The van der Waals surface area contributed by atoms with E-state index in [4.69, 9.17) is 11.6 Å². The van der Waals surface area contributed by atoms with Crippen LogP contribution in [0.3, 0.4) is 0 Å². The van der Waals surface area contributed by atoms with Gasteiger partial charge in [-0.15, -0.1) is 0 Å². The van der Waals surface area contributed by atoms with Crippen LogP contribution in [0.1, 0.15) is 44.1 Å². The molecule has 0 radical (unpaired) electrons. The summed E-state index contributed by atoms with van der Waals surface area (Å²) in [7, 11) is 0. The lowest BCUT2D eigenvalue weighted by atomic mass is 10.0. The highest BCUT2D eigenvalue weighted by atomic mass is 35.5. The molecule has 0 fully saturated rings. The van der Waals surface area contributed by atoms with Crippen molar-refractivity contribution in [3.8, 4) is 5.82 Å². The molecule has 0 aliphatic rings. The van der Waals surface area contributed by atoms with Gasteiger partial charge in [0.15, 0.2) is 5.65 Å². The van der Waals surface area contributed by atoms with E-state index < -0.39 is 17.7 Å². The van der Waals surface area contributed by atoms with Crippen molar-refractivity contribution in [1.82, 2.24) is 34.6 Å². The molecule has 4 aromatic heterocycles. The van der Waals surface area contributed by atoms with Crippen LogP contribution in [0.25, 0.3) is 17.0 Å². The largest absolute Gasteiger partial charge is 0.387 e. The van der Waals surface area contributed by atoms with Gasteiger partial charge in [0.2, 0.25) is 0 Å². The molecule has 12 heteroatoms. The van der Waals surface area contributed by atoms with Gasteiger partial charge in [0.1, 0.15) is 23.8 Å². The quantitative estimate of drug-likeness (QED) is 0.336. The molecular formula is C23H26ClFN8O2. The minimum Gasteiger partial charge on any atom is -0.387 e. The molecule has 0 saturated heterocycles. The lowest BCUT2D eigenvalue weighted by Crippen LogP contribution is -2.42. The Balaban J connectivity index is 1.70. The Morgan fingerprint density at radius 1 is 1.20 bits per heavy atom. The average molecular weight is 501 g/mol. The Kier molecular flexibility index (Phi) is 6.73. The van der Waals surface area contributed by atoms with E-state index in [1.807, 2.05) is 20.0 Å². The lowest BCUT2D eigenvalue weighted by molar-refractivity contribution is -0.00177. The molecule has 4 aromatic rings. The summed E-state index contributed by atoms with van der Waals surface area (Å²) in [6, 6.07) is 3.51. The zero-order valence-corrected chi connectivity index (χ0v) is 20.5. The van der Waals surface area contributed by atoms with Crippen LogP contribution >= 0.6 is 11.6 Å². The number of nitrogens with zero attached hydrogens (tertiary/aromatic N) is 6. The number of amides is 1. The SMILES string of the molecule is CC(C)n1cc(Nc2cc(-n3cnc4cc(Cl)cnc43)ncc2C(=O)NC[C@@H](F)C(C)(C)O)cn1. The zero-order chi connectivity index (χ0) is 25.3. The number of alkyl halides is 1. The molecule has 4 heterocycles. The van der Waals surface area contributed by atoms with Crippen molar-refractivity contribution >= 4 is 40.0 Å². The number of anilines is 2. The smallest absolute Gasteiger partial charge is 0.255 e. The number of carbonyl (C=O) groups excluding carboxylic acids is 1. The van der Waals surface area contributed by atoms with Gasteiger partial charge >= 0.3 is 0 Å². The fraction of sp³-hybridized carbons (Fsp3) is 0.348. The molecule has 0 unspecified atom stereocenters. The Labute approximate surface area is 206 Å². The maximum Gasteiger partial charge on any atom is 0.255 e. The Morgan fingerprint density at radius 2 is 1.97 bits per heavy atom. The van der Waals surface area contributed by atoms with E-state index in [1.54, 1.807) is 33.9 Å². The first-order valence-electron chi connectivity index (χ1n) is 11.0. The summed E-state index contributed by atoms with van der Waals surface area (Å²) >= 11 is 6.02. The topological polar surface area (TPSA) is 123 Å². The van der Waals surface area contributed by atoms with E-state index >= 15 is 0 Å². The van der Waals surface area contributed by atoms with Crippen molar-refractivity contribution in [3.63, 3.8) is 0 Å². The number of imidazole rings is 1. The van der Waals surface area contributed by atoms with E-state index in [0.717, 1.165) is 0 Å². The third-order valence-electron chi connectivity index (χ3n) is 5.35. The van der Waals surface area contributed by atoms with Crippen LogP contribution in [0.5, 0.6) is 0 Å². The molecule has 35 heavy (non-hydrogen) atoms. The van der Waals surface area contributed by atoms with Crippen molar-refractivity contribution in [2.45, 2.75) is 45.5 Å². The number of rotatable bonds is 8. The molecule has 1 atom stereocenters. The minimum absolute atomic E-state index is 0.153. The highest BCUT2D eigenvalue weighted by Crippen LogP contribution is 2.25. The first-order chi connectivity index (χ1) is 16.5. The molecule has 3 N–H and O–H groups in total. The van der Waals surface area contributed by atoms with Crippen LogP contribution in [0.4, 0.5) is 15.8 Å². The van der Waals surface area contributed by atoms with Crippen LogP contribution in [0, 0.1) is 0 Å². The summed E-state index contributed by atoms with van der Waals surface area (Å²) in [6.07, 6.45) is 6.28. The van der Waals surface area contributed by atoms with Gasteiger partial charge in [-0.3, -0.25) is 14.0 Å². The molecule has 1 amide bonds. The molecule has 0 spiro atoms. The zero-order valence-electron chi connectivity index (χ0n) is 19.7. The molecule has 0 bridgehead atoms. The van der Waals surface area contributed by atoms with Crippen LogP contribution in [0.15, 0.2) is 43.2 Å². The number of hydrogen-bond donors (Lipinski definition) is 3. The fourth-order valence-electron chi connectivity index (χ4n) is 3.27. The molecule has 10 nitrogen and oxygen atoms in total. The van der Waals surface area contributed by atoms with E-state index in [0.29, 0.717) is 33.4 Å². The third kappa shape index (κ3) is 5.41. The van der Waals surface area contributed by atoms with Crippen LogP contribution < -0.4 is 10.6 Å². The van der Waals surface area contributed by atoms with Crippen LogP contribution in [0.2, 0.25) is 5.02 Å². The van der Waals surface area contributed by atoms with Crippen LogP contribution in [-0.4, -0.2) is 58.6 Å². The summed E-state index contributed by atoms with van der Waals surface area (Å²) in [5.41, 5.74) is 0.822. The maximum atomic E-state index is 14.2. The monoisotopic (exact) mass is 500 g/mol. The van der Waals surface area contributed by atoms with Crippen molar-refractivity contribution in [2.24, 2.45) is 0 Å². The number of aliphatic hydroxyl groups is 1. The minimum atomic E-state index is -1.64. The average Bonchev–Trinajstić information content (AvgIpc) is 3.43. The summed E-state index contributed by atoms with van der Waals surface area (Å²) in [5, 5.41) is 20.3. The second-order valence-electron chi connectivity index (χ2n) is 8.96. The van der Waals surface area contributed by atoms with Gasteiger partial charge in [0.25, 0.3) is 5.91 Å². The Bertz CT molecular complexity index is 1360. The summed E-state index contributed by atoms with van der Waals surface area (Å²) in [4.78, 5) is 26.0. The predicted molar refractivity (Wildman–Crippen MR) is 131 cm³/mol. The number of halogens is 2. The van der Waals surface area contributed by atoms with Gasteiger partial charge < -0.3 is 15.7 Å². The molecule has 0 aliphatic heterocycles. The lowest BCUT2D eigenvalue weighted by Gasteiger charge is -2.22. The number of carbonyl (C=O) groups is 1. The first-order valence-corrected chi connectivity index (χ1v) is 11.4. The van der Waals surface area contributed by atoms with Gasteiger partial charge in [-0.05, 0) is 33.8 Å². The number of hydrogen-bond acceptors (Lipinski definition) is 7. The van der Waals surface area contributed by atoms with Gasteiger partial charge in [-0.1, -0.05) is 11.6 Å². The molecule has 0 aromatic carbocycles. The summed E-state index contributed by atoms with van der Waals surface area (Å²) in [6.45, 7) is 6.33. The second kappa shape index (κ2) is 9.59. The van der Waals surface area contributed by atoms with Gasteiger partial charge in [0, 0.05) is 30.7 Å².